The van der Waals surface area contributed by atoms with Crippen molar-refractivity contribution in [3.05, 3.63) is 76.3 Å². The van der Waals surface area contributed by atoms with Gasteiger partial charge < -0.3 is 4.90 Å². The molecule has 3 aromatic rings. The van der Waals surface area contributed by atoms with Crippen LogP contribution in [0.15, 0.2) is 53.9 Å². The highest BCUT2D eigenvalue weighted by Crippen LogP contribution is 2.25. The summed E-state index contributed by atoms with van der Waals surface area (Å²) < 4.78 is 0. The van der Waals surface area contributed by atoms with Crippen LogP contribution in [0.4, 0.5) is 0 Å². The van der Waals surface area contributed by atoms with Crippen LogP contribution in [-0.2, 0) is 6.54 Å². The first-order valence-corrected chi connectivity index (χ1v) is 10.5. The lowest BCUT2D eigenvalue weighted by Gasteiger charge is -2.34. The van der Waals surface area contributed by atoms with Crippen molar-refractivity contribution in [1.29, 1.82) is 5.26 Å². The van der Waals surface area contributed by atoms with Gasteiger partial charge in [-0.3, -0.25) is 9.69 Å². The topological polar surface area (TPSA) is 60.2 Å². The lowest BCUT2D eigenvalue weighted by atomic mass is 10.1. The Hall–Kier alpha value is -3.01. The Kier molecular flexibility index (Phi) is 5.70. The molecule has 4 rings (SSSR count). The first-order valence-electron chi connectivity index (χ1n) is 9.65. The predicted octanol–water partition coefficient (Wildman–Crippen LogP) is 3.95. The molecular weight excluding hydrogens is 380 g/mol. The van der Waals surface area contributed by atoms with Crippen LogP contribution in [0, 0.1) is 18.3 Å². The van der Waals surface area contributed by atoms with Gasteiger partial charge in [0, 0.05) is 43.7 Å². The summed E-state index contributed by atoms with van der Waals surface area (Å²) in [7, 11) is 0. The lowest BCUT2D eigenvalue weighted by Crippen LogP contribution is -2.48. The second-order valence-electron chi connectivity index (χ2n) is 7.28. The van der Waals surface area contributed by atoms with Crippen LogP contribution >= 0.6 is 11.3 Å². The number of hydrogen-bond acceptors (Lipinski definition) is 5. The molecule has 0 bridgehead atoms. The maximum Gasteiger partial charge on any atom is 0.273 e. The number of hydrogen-bond donors (Lipinski definition) is 0. The number of nitriles is 1. The Bertz CT molecular complexity index is 1030. The highest BCUT2D eigenvalue weighted by Gasteiger charge is 2.24. The normalized spacial score (nSPS) is 14.6. The summed E-state index contributed by atoms with van der Waals surface area (Å²) in [6.07, 6.45) is 0. The second-order valence-corrected chi connectivity index (χ2v) is 8.14. The number of aromatic nitrogens is 1. The highest BCUT2D eigenvalue weighted by atomic mass is 32.1. The zero-order chi connectivity index (χ0) is 20.2. The molecule has 1 saturated heterocycles. The Morgan fingerprint density at radius 3 is 2.41 bits per heavy atom. The van der Waals surface area contributed by atoms with Gasteiger partial charge in [-0.25, -0.2) is 4.98 Å². The summed E-state index contributed by atoms with van der Waals surface area (Å²) in [5.74, 6) is 0.0117. The fourth-order valence-electron chi connectivity index (χ4n) is 3.41. The largest absolute Gasteiger partial charge is 0.335 e. The third-order valence-electron chi connectivity index (χ3n) is 5.17. The predicted molar refractivity (Wildman–Crippen MR) is 115 cm³/mol. The van der Waals surface area contributed by atoms with E-state index in [0.29, 0.717) is 24.3 Å². The summed E-state index contributed by atoms with van der Waals surface area (Å²) in [4.78, 5) is 21.7. The quantitative estimate of drug-likeness (QED) is 0.663. The van der Waals surface area contributed by atoms with Gasteiger partial charge in [-0.15, -0.1) is 11.3 Å². The average molecular weight is 403 g/mol. The first kappa shape index (κ1) is 19.3. The van der Waals surface area contributed by atoms with Crippen LogP contribution in [0.5, 0.6) is 0 Å². The van der Waals surface area contributed by atoms with Crippen molar-refractivity contribution >= 4 is 17.2 Å². The molecule has 0 saturated carbocycles. The van der Waals surface area contributed by atoms with E-state index in [2.05, 4.69) is 35.0 Å². The molecule has 1 amide bonds. The first-order chi connectivity index (χ1) is 14.1. The minimum absolute atomic E-state index is 0.0117. The van der Waals surface area contributed by atoms with Gasteiger partial charge in [0.15, 0.2) is 0 Å². The van der Waals surface area contributed by atoms with Crippen molar-refractivity contribution in [1.82, 2.24) is 14.8 Å². The Balaban J connectivity index is 1.34. The summed E-state index contributed by atoms with van der Waals surface area (Å²) in [5.41, 5.74) is 4.65. The van der Waals surface area contributed by atoms with Crippen LogP contribution < -0.4 is 0 Å². The number of piperazine rings is 1. The van der Waals surface area contributed by atoms with Crippen molar-refractivity contribution < 1.29 is 4.79 Å². The van der Waals surface area contributed by atoms with E-state index >= 15 is 0 Å². The van der Waals surface area contributed by atoms with Gasteiger partial charge in [-0.05, 0) is 24.6 Å². The molecule has 1 aromatic heterocycles. The van der Waals surface area contributed by atoms with Crippen molar-refractivity contribution in [2.24, 2.45) is 0 Å². The minimum Gasteiger partial charge on any atom is -0.335 e. The van der Waals surface area contributed by atoms with E-state index in [1.54, 1.807) is 0 Å². The molecule has 1 aliphatic rings. The molecule has 0 aliphatic carbocycles. The third kappa shape index (κ3) is 4.53. The van der Waals surface area contributed by atoms with Crippen molar-refractivity contribution in [2.75, 3.05) is 26.2 Å². The maximum atomic E-state index is 12.9. The van der Waals surface area contributed by atoms with Gasteiger partial charge in [0.2, 0.25) is 0 Å². The lowest BCUT2D eigenvalue weighted by molar-refractivity contribution is 0.0623. The van der Waals surface area contributed by atoms with Crippen molar-refractivity contribution in [3.8, 4) is 16.6 Å². The van der Waals surface area contributed by atoms with Crippen molar-refractivity contribution in [3.63, 3.8) is 0 Å². The number of carbonyl (C=O) groups is 1. The van der Waals surface area contributed by atoms with Crippen LogP contribution in [0.1, 0.15) is 27.2 Å². The molecule has 146 valence electrons. The molecule has 0 radical (unpaired) electrons. The van der Waals surface area contributed by atoms with Gasteiger partial charge in [0.1, 0.15) is 10.7 Å². The number of rotatable bonds is 4. The number of amides is 1. The number of carbonyl (C=O) groups excluding carboxylic acids is 1. The third-order valence-corrected chi connectivity index (χ3v) is 6.06. The van der Waals surface area contributed by atoms with E-state index in [1.807, 2.05) is 46.7 Å². The van der Waals surface area contributed by atoms with Crippen LogP contribution in [0.2, 0.25) is 0 Å². The molecule has 6 heteroatoms. The van der Waals surface area contributed by atoms with E-state index < -0.39 is 0 Å². The molecule has 2 aromatic carbocycles. The standard InChI is InChI=1S/C23H22N4OS/c1-17-2-8-20(9-3-17)22-25-21(16-29-22)23(28)27-12-10-26(11-13-27)15-19-6-4-18(14-24)5-7-19/h2-9,16H,10-13,15H2,1H3. The Morgan fingerprint density at radius 1 is 1.07 bits per heavy atom. The minimum atomic E-state index is 0.0117. The Labute approximate surface area is 174 Å². The second kappa shape index (κ2) is 8.56. The highest BCUT2D eigenvalue weighted by molar-refractivity contribution is 7.13. The molecule has 0 spiro atoms. The van der Waals surface area contributed by atoms with Gasteiger partial charge in [-0.1, -0.05) is 42.0 Å². The van der Waals surface area contributed by atoms with Crippen molar-refractivity contribution in [2.45, 2.75) is 13.5 Å². The molecule has 2 heterocycles. The molecule has 5 nitrogen and oxygen atoms in total. The fraction of sp³-hybridized carbons (Fsp3) is 0.261. The van der Waals surface area contributed by atoms with E-state index in [9.17, 15) is 4.79 Å². The SMILES string of the molecule is Cc1ccc(-c2nc(C(=O)N3CCN(Cc4ccc(C#N)cc4)CC3)cs2)cc1. The van der Waals surface area contributed by atoms with E-state index in [-0.39, 0.29) is 5.91 Å². The molecular formula is C23H22N4OS. The van der Waals surface area contributed by atoms with E-state index in [1.165, 1.54) is 22.5 Å². The molecule has 1 aliphatic heterocycles. The summed E-state index contributed by atoms with van der Waals surface area (Å²) in [6.45, 7) is 5.96. The average Bonchev–Trinajstić information content (AvgIpc) is 3.25. The van der Waals surface area contributed by atoms with E-state index in [0.717, 1.165) is 30.2 Å². The molecule has 29 heavy (non-hydrogen) atoms. The van der Waals surface area contributed by atoms with Gasteiger partial charge in [0.25, 0.3) is 5.91 Å². The monoisotopic (exact) mass is 402 g/mol. The molecule has 0 atom stereocenters. The maximum absolute atomic E-state index is 12.9. The van der Waals surface area contributed by atoms with Crippen LogP contribution in [0.3, 0.4) is 0 Å². The fourth-order valence-corrected chi connectivity index (χ4v) is 4.21. The van der Waals surface area contributed by atoms with Gasteiger partial charge in [-0.2, -0.15) is 5.26 Å². The number of aryl methyl sites for hydroxylation is 1. The van der Waals surface area contributed by atoms with Crippen LogP contribution in [0.25, 0.3) is 10.6 Å². The zero-order valence-corrected chi connectivity index (χ0v) is 17.2. The van der Waals surface area contributed by atoms with Gasteiger partial charge >= 0.3 is 0 Å². The summed E-state index contributed by atoms with van der Waals surface area (Å²) in [6, 6.07) is 18.1. The molecule has 0 unspecified atom stereocenters. The van der Waals surface area contributed by atoms with Gasteiger partial charge in [0.05, 0.1) is 11.6 Å². The summed E-state index contributed by atoms with van der Waals surface area (Å²) >= 11 is 1.51. The Morgan fingerprint density at radius 2 is 1.76 bits per heavy atom. The summed E-state index contributed by atoms with van der Waals surface area (Å²) in [5, 5.41) is 11.6. The zero-order valence-electron chi connectivity index (χ0n) is 16.3. The number of benzene rings is 2. The van der Waals surface area contributed by atoms with E-state index in [4.69, 9.17) is 5.26 Å². The molecule has 0 N–H and O–H groups in total. The van der Waals surface area contributed by atoms with Crippen LogP contribution in [-0.4, -0.2) is 46.9 Å². The molecule has 1 fully saturated rings. The number of thiazole rings is 1. The smallest absolute Gasteiger partial charge is 0.273 e. The number of nitrogens with zero attached hydrogens (tertiary/aromatic N) is 4.